The first-order valence-corrected chi connectivity index (χ1v) is 5.64. The fourth-order valence-electron chi connectivity index (χ4n) is 1.12. The van der Waals surface area contributed by atoms with Crippen molar-refractivity contribution in [2.75, 3.05) is 13.7 Å². The Balaban J connectivity index is 4.12. The van der Waals surface area contributed by atoms with E-state index >= 15 is 0 Å². The van der Waals surface area contributed by atoms with Crippen LogP contribution < -0.4 is 5.32 Å². The highest BCUT2D eigenvalue weighted by Crippen LogP contribution is 2.08. The summed E-state index contributed by atoms with van der Waals surface area (Å²) in [5.74, 6) is -0.925. The number of methoxy groups -OCH3 is 1. The standard InChI is InChI=1S/C11H19F2NO5/c1-11(2,3)19-10(16)14-6-5-7(8(15)17-4)18-9(12)13/h7,9H,5-6H2,1-4H3,(H,14,16)/t7-/m0/s1. The molecule has 0 aromatic rings. The molecule has 0 spiro atoms. The SMILES string of the molecule is COC(=O)[C@H](CCNC(=O)OC(C)(C)C)OC(F)F. The van der Waals surface area contributed by atoms with E-state index in [2.05, 4.69) is 14.8 Å². The molecule has 0 heterocycles. The molecule has 0 fully saturated rings. The lowest BCUT2D eigenvalue weighted by Crippen LogP contribution is -2.36. The Bertz CT molecular complexity index is 304. The van der Waals surface area contributed by atoms with Crippen LogP contribution in [0.2, 0.25) is 0 Å². The highest BCUT2D eigenvalue weighted by molar-refractivity contribution is 5.74. The molecule has 0 unspecified atom stereocenters. The first-order chi connectivity index (χ1) is 8.65. The Morgan fingerprint density at radius 1 is 1.26 bits per heavy atom. The molecule has 0 aliphatic heterocycles. The van der Waals surface area contributed by atoms with Crippen molar-refractivity contribution < 1.29 is 32.6 Å². The molecule has 0 aliphatic carbocycles. The van der Waals surface area contributed by atoms with Gasteiger partial charge in [0.05, 0.1) is 7.11 Å². The molecule has 6 nitrogen and oxygen atoms in total. The van der Waals surface area contributed by atoms with Gasteiger partial charge in [-0.1, -0.05) is 0 Å². The average Bonchev–Trinajstić information content (AvgIpc) is 2.23. The van der Waals surface area contributed by atoms with Crippen molar-refractivity contribution in [3.05, 3.63) is 0 Å². The Kier molecular flexibility index (Phi) is 7.28. The summed E-state index contributed by atoms with van der Waals surface area (Å²) in [5.41, 5.74) is -0.661. The number of nitrogens with one attached hydrogen (secondary N) is 1. The van der Waals surface area contributed by atoms with Gasteiger partial charge in [0.1, 0.15) is 5.60 Å². The minimum Gasteiger partial charge on any atom is -0.467 e. The van der Waals surface area contributed by atoms with Gasteiger partial charge in [-0.2, -0.15) is 8.78 Å². The van der Waals surface area contributed by atoms with Crippen molar-refractivity contribution >= 4 is 12.1 Å². The van der Waals surface area contributed by atoms with Crippen molar-refractivity contribution in [1.29, 1.82) is 0 Å². The molecule has 0 aromatic carbocycles. The van der Waals surface area contributed by atoms with Gasteiger partial charge in [0.15, 0.2) is 6.10 Å². The van der Waals surface area contributed by atoms with Gasteiger partial charge >= 0.3 is 18.7 Å². The molecular formula is C11H19F2NO5. The first kappa shape index (κ1) is 17.6. The van der Waals surface area contributed by atoms with Crippen LogP contribution in [0.25, 0.3) is 0 Å². The van der Waals surface area contributed by atoms with E-state index in [9.17, 15) is 18.4 Å². The lowest BCUT2D eigenvalue weighted by Gasteiger charge is -2.20. The summed E-state index contributed by atoms with van der Waals surface area (Å²) >= 11 is 0. The van der Waals surface area contributed by atoms with Gasteiger partial charge in [0.25, 0.3) is 0 Å². The molecular weight excluding hydrogens is 264 g/mol. The molecule has 1 N–H and O–H groups in total. The van der Waals surface area contributed by atoms with Crippen LogP contribution in [0.3, 0.4) is 0 Å². The molecule has 0 saturated heterocycles. The topological polar surface area (TPSA) is 73.9 Å². The van der Waals surface area contributed by atoms with Crippen LogP contribution >= 0.6 is 0 Å². The largest absolute Gasteiger partial charge is 0.467 e. The average molecular weight is 283 g/mol. The number of rotatable bonds is 6. The second-order valence-corrected chi connectivity index (χ2v) is 4.63. The minimum atomic E-state index is -3.09. The fraction of sp³-hybridized carbons (Fsp3) is 0.818. The van der Waals surface area contributed by atoms with E-state index in [0.29, 0.717) is 0 Å². The van der Waals surface area contributed by atoms with Crippen molar-refractivity contribution in [3.63, 3.8) is 0 Å². The second kappa shape index (κ2) is 7.88. The maximum Gasteiger partial charge on any atom is 0.407 e. The van der Waals surface area contributed by atoms with Crippen LogP contribution in [0.4, 0.5) is 13.6 Å². The Labute approximate surface area is 110 Å². The molecule has 0 rings (SSSR count). The van der Waals surface area contributed by atoms with Crippen LogP contribution in [0.15, 0.2) is 0 Å². The van der Waals surface area contributed by atoms with E-state index in [-0.39, 0.29) is 13.0 Å². The smallest absolute Gasteiger partial charge is 0.407 e. The molecule has 0 aliphatic rings. The summed E-state index contributed by atoms with van der Waals surface area (Å²) in [6, 6.07) is 0. The zero-order valence-electron chi connectivity index (χ0n) is 11.4. The zero-order valence-corrected chi connectivity index (χ0v) is 11.4. The molecule has 112 valence electrons. The molecule has 0 saturated carbocycles. The maximum atomic E-state index is 12.0. The Morgan fingerprint density at radius 2 is 1.84 bits per heavy atom. The lowest BCUT2D eigenvalue weighted by molar-refractivity contribution is -0.190. The second-order valence-electron chi connectivity index (χ2n) is 4.63. The number of esters is 1. The minimum absolute atomic E-state index is 0.0542. The number of carbonyl (C=O) groups is 2. The van der Waals surface area contributed by atoms with E-state index in [4.69, 9.17) is 4.74 Å². The third-order valence-corrected chi connectivity index (χ3v) is 1.81. The van der Waals surface area contributed by atoms with Crippen LogP contribution in [0.1, 0.15) is 27.2 Å². The van der Waals surface area contributed by atoms with Crippen molar-refractivity contribution in [3.8, 4) is 0 Å². The highest BCUT2D eigenvalue weighted by Gasteiger charge is 2.24. The third kappa shape index (κ3) is 9.18. The van der Waals surface area contributed by atoms with Crippen LogP contribution in [0.5, 0.6) is 0 Å². The fourth-order valence-corrected chi connectivity index (χ4v) is 1.12. The van der Waals surface area contributed by atoms with Crippen LogP contribution in [-0.4, -0.2) is 44.0 Å². The number of alkyl halides is 2. The Hall–Kier alpha value is -1.44. The van der Waals surface area contributed by atoms with Gasteiger partial charge in [-0.25, -0.2) is 9.59 Å². The quantitative estimate of drug-likeness (QED) is 0.751. The summed E-state index contributed by atoms with van der Waals surface area (Å²) in [4.78, 5) is 22.4. The van der Waals surface area contributed by atoms with Gasteiger partial charge in [-0.05, 0) is 20.8 Å². The number of hydrogen-bond acceptors (Lipinski definition) is 5. The van der Waals surface area contributed by atoms with Gasteiger partial charge < -0.3 is 19.5 Å². The molecule has 19 heavy (non-hydrogen) atoms. The number of ether oxygens (including phenoxy) is 3. The Morgan fingerprint density at radius 3 is 2.26 bits per heavy atom. The van der Waals surface area contributed by atoms with Crippen LogP contribution in [-0.2, 0) is 19.0 Å². The van der Waals surface area contributed by atoms with Crippen molar-refractivity contribution in [2.24, 2.45) is 0 Å². The van der Waals surface area contributed by atoms with Crippen molar-refractivity contribution in [1.82, 2.24) is 5.32 Å². The summed E-state index contributed by atoms with van der Waals surface area (Å²) in [5, 5.41) is 2.33. The molecule has 0 aromatic heterocycles. The molecule has 8 heteroatoms. The summed E-state index contributed by atoms with van der Waals surface area (Å²) < 4.78 is 37.4. The van der Waals surface area contributed by atoms with E-state index < -0.39 is 30.4 Å². The molecule has 0 radical (unpaired) electrons. The highest BCUT2D eigenvalue weighted by atomic mass is 19.3. The van der Waals surface area contributed by atoms with E-state index in [1.54, 1.807) is 20.8 Å². The van der Waals surface area contributed by atoms with Gasteiger partial charge in [-0.3, -0.25) is 0 Å². The number of amides is 1. The summed E-state index contributed by atoms with van der Waals surface area (Å²) in [6.07, 6.45) is -2.27. The van der Waals surface area contributed by atoms with Crippen molar-refractivity contribution in [2.45, 2.75) is 45.5 Å². The van der Waals surface area contributed by atoms with Gasteiger partial charge in [-0.15, -0.1) is 0 Å². The van der Waals surface area contributed by atoms with Crippen LogP contribution in [0, 0.1) is 0 Å². The first-order valence-electron chi connectivity index (χ1n) is 5.64. The van der Waals surface area contributed by atoms with E-state index in [1.165, 1.54) is 0 Å². The summed E-state index contributed by atoms with van der Waals surface area (Å²) in [7, 11) is 1.06. The third-order valence-electron chi connectivity index (χ3n) is 1.81. The zero-order chi connectivity index (χ0) is 15.1. The monoisotopic (exact) mass is 283 g/mol. The van der Waals surface area contributed by atoms with Gasteiger partial charge in [0, 0.05) is 13.0 Å². The molecule has 1 amide bonds. The number of hydrogen-bond donors (Lipinski definition) is 1. The molecule has 1 atom stereocenters. The number of halogens is 2. The predicted molar refractivity (Wildman–Crippen MR) is 61.7 cm³/mol. The van der Waals surface area contributed by atoms with E-state index in [0.717, 1.165) is 7.11 Å². The number of alkyl carbamates (subject to hydrolysis) is 1. The lowest BCUT2D eigenvalue weighted by atomic mass is 10.2. The van der Waals surface area contributed by atoms with Gasteiger partial charge in [0.2, 0.25) is 0 Å². The summed E-state index contributed by atoms with van der Waals surface area (Å²) in [6.45, 7) is 1.91. The normalized spacial score (nSPS) is 13.0. The maximum absolute atomic E-state index is 12.0. The van der Waals surface area contributed by atoms with E-state index in [1.807, 2.05) is 0 Å². The molecule has 0 bridgehead atoms. The predicted octanol–water partition coefficient (Wildman–Crippen LogP) is 1.68. The number of carbonyl (C=O) groups excluding carboxylic acids is 2.